The molecule has 4 heteroatoms. The highest BCUT2D eigenvalue weighted by molar-refractivity contribution is 5.86. The number of unbranched alkanes of at least 4 members (excludes halogenated alkanes) is 1. The van der Waals surface area contributed by atoms with E-state index in [2.05, 4.69) is 111 Å². The SMILES string of the molecule is C=COCCOc1ccc(C2(c3ccc(OCCOC=C)c(CCCC)c3)c3ccccc3-c3ccccc32)cc1. The smallest absolute Gasteiger partial charge is 0.122 e. The molecule has 0 atom stereocenters. The van der Waals surface area contributed by atoms with Gasteiger partial charge in [0.25, 0.3) is 0 Å². The summed E-state index contributed by atoms with van der Waals surface area (Å²) in [6, 6.07) is 32.8. The molecule has 1 aliphatic carbocycles. The number of fused-ring (bicyclic) bond motifs is 3. The van der Waals surface area contributed by atoms with Gasteiger partial charge in [-0.25, -0.2) is 0 Å². The average molecular weight is 547 g/mol. The predicted molar refractivity (Wildman–Crippen MR) is 166 cm³/mol. The Labute approximate surface area is 243 Å². The van der Waals surface area contributed by atoms with Crippen molar-refractivity contribution in [3.8, 4) is 22.6 Å². The molecule has 0 fully saturated rings. The van der Waals surface area contributed by atoms with Gasteiger partial charge < -0.3 is 18.9 Å². The van der Waals surface area contributed by atoms with E-state index >= 15 is 0 Å². The van der Waals surface area contributed by atoms with Gasteiger partial charge in [0, 0.05) is 0 Å². The molecule has 0 radical (unpaired) electrons. The lowest BCUT2D eigenvalue weighted by molar-refractivity contribution is 0.179. The van der Waals surface area contributed by atoms with E-state index in [1.54, 1.807) is 0 Å². The zero-order valence-electron chi connectivity index (χ0n) is 23.8. The molecule has 1 aliphatic rings. The van der Waals surface area contributed by atoms with Crippen LogP contribution in [-0.2, 0) is 21.3 Å². The molecule has 0 aliphatic heterocycles. The van der Waals surface area contributed by atoms with Crippen molar-refractivity contribution in [1.29, 1.82) is 0 Å². The molecule has 0 spiro atoms. The quantitative estimate of drug-likeness (QED) is 0.0975. The van der Waals surface area contributed by atoms with Gasteiger partial charge >= 0.3 is 0 Å². The minimum atomic E-state index is -0.483. The predicted octanol–water partition coefficient (Wildman–Crippen LogP) is 8.47. The number of benzene rings is 4. The summed E-state index contributed by atoms with van der Waals surface area (Å²) >= 11 is 0. The van der Waals surface area contributed by atoms with Crippen LogP contribution in [0.25, 0.3) is 11.1 Å². The second-order valence-corrected chi connectivity index (χ2v) is 10.1. The summed E-state index contributed by atoms with van der Waals surface area (Å²) in [7, 11) is 0. The third-order valence-corrected chi connectivity index (χ3v) is 7.70. The summed E-state index contributed by atoms with van der Waals surface area (Å²) in [6.45, 7) is 11.3. The molecule has 0 bridgehead atoms. The van der Waals surface area contributed by atoms with Crippen molar-refractivity contribution in [2.24, 2.45) is 0 Å². The molecule has 210 valence electrons. The van der Waals surface area contributed by atoms with Gasteiger partial charge in [-0.05, 0) is 70.0 Å². The van der Waals surface area contributed by atoms with Gasteiger partial charge in [-0.3, -0.25) is 0 Å². The molecule has 0 heterocycles. The first-order valence-electron chi connectivity index (χ1n) is 14.4. The molecule has 4 aromatic rings. The molecule has 0 amide bonds. The fourth-order valence-electron chi connectivity index (χ4n) is 5.92. The Kier molecular flexibility index (Phi) is 9.10. The highest BCUT2D eigenvalue weighted by atomic mass is 16.5. The summed E-state index contributed by atoms with van der Waals surface area (Å²) in [4.78, 5) is 0. The van der Waals surface area contributed by atoms with Crippen LogP contribution in [0, 0.1) is 0 Å². The van der Waals surface area contributed by atoms with E-state index in [0.29, 0.717) is 26.4 Å². The van der Waals surface area contributed by atoms with Crippen molar-refractivity contribution < 1.29 is 18.9 Å². The van der Waals surface area contributed by atoms with E-state index in [-0.39, 0.29) is 0 Å². The summed E-state index contributed by atoms with van der Waals surface area (Å²) < 4.78 is 22.6. The minimum absolute atomic E-state index is 0.461. The molecule has 0 aromatic heterocycles. The van der Waals surface area contributed by atoms with Crippen molar-refractivity contribution in [1.82, 2.24) is 0 Å². The standard InChI is InChI=1S/C37H38O4/c1-4-7-12-28-27-30(19-22-36(28)41-26-24-39-6-3)37(29-17-20-31(21-18-29)40-25-23-38-5-2)34-15-10-8-13-32(34)33-14-9-11-16-35(33)37/h5-6,8-11,13-22,27H,2-4,7,12,23-26H2,1H3. The number of rotatable bonds is 15. The summed E-state index contributed by atoms with van der Waals surface area (Å²) in [5, 5.41) is 0. The van der Waals surface area contributed by atoms with Crippen molar-refractivity contribution >= 4 is 0 Å². The second-order valence-electron chi connectivity index (χ2n) is 10.1. The fourth-order valence-corrected chi connectivity index (χ4v) is 5.92. The normalized spacial score (nSPS) is 12.6. The Balaban J connectivity index is 1.64. The Bertz CT molecular complexity index is 1430. The van der Waals surface area contributed by atoms with Gasteiger partial charge in [0.1, 0.15) is 37.9 Å². The molecule has 41 heavy (non-hydrogen) atoms. The van der Waals surface area contributed by atoms with Crippen LogP contribution in [-0.4, -0.2) is 26.4 Å². The van der Waals surface area contributed by atoms with E-state index in [4.69, 9.17) is 18.9 Å². The molecule has 4 aromatic carbocycles. The lowest BCUT2D eigenvalue weighted by atomic mass is 9.67. The van der Waals surface area contributed by atoms with E-state index in [9.17, 15) is 0 Å². The first-order chi connectivity index (χ1) is 20.2. The first-order valence-corrected chi connectivity index (χ1v) is 14.4. The molecule has 0 saturated carbocycles. The fraction of sp³-hybridized carbons (Fsp3) is 0.243. The van der Waals surface area contributed by atoms with Gasteiger partial charge in [-0.2, -0.15) is 0 Å². The minimum Gasteiger partial charge on any atom is -0.498 e. The maximum absolute atomic E-state index is 6.20. The van der Waals surface area contributed by atoms with Crippen LogP contribution in [0.15, 0.2) is 117 Å². The van der Waals surface area contributed by atoms with Gasteiger partial charge in [0.2, 0.25) is 0 Å². The van der Waals surface area contributed by atoms with Crippen LogP contribution in [0.5, 0.6) is 11.5 Å². The Morgan fingerprint density at radius 3 is 1.85 bits per heavy atom. The zero-order chi connectivity index (χ0) is 28.5. The Hall–Kier alpha value is -4.44. The molecule has 0 saturated heterocycles. The Morgan fingerprint density at radius 1 is 0.659 bits per heavy atom. The van der Waals surface area contributed by atoms with Crippen LogP contribution in [0.4, 0.5) is 0 Å². The Morgan fingerprint density at radius 2 is 1.24 bits per heavy atom. The summed E-state index contributed by atoms with van der Waals surface area (Å²) in [6.07, 6.45) is 6.03. The molecule has 5 rings (SSSR count). The first kappa shape index (κ1) is 28.1. The van der Waals surface area contributed by atoms with Gasteiger partial charge in [-0.1, -0.05) is 99.3 Å². The molecular formula is C37H38O4. The van der Waals surface area contributed by atoms with E-state index in [1.165, 1.54) is 51.5 Å². The maximum atomic E-state index is 6.20. The van der Waals surface area contributed by atoms with Crippen LogP contribution in [0.2, 0.25) is 0 Å². The molecule has 4 nitrogen and oxygen atoms in total. The lowest BCUT2D eigenvalue weighted by Gasteiger charge is -2.34. The second kappa shape index (κ2) is 13.3. The summed E-state index contributed by atoms with van der Waals surface area (Å²) in [5.74, 6) is 1.72. The largest absolute Gasteiger partial charge is 0.498 e. The highest BCUT2D eigenvalue weighted by Crippen LogP contribution is 2.56. The molecule has 0 unspecified atom stereocenters. The van der Waals surface area contributed by atoms with E-state index in [1.807, 2.05) is 0 Å². The average Bonchev–Trinajstić information content (AvgIpc) is 3.32. The number of hydrogen-bond donors (Lipinski definition) is 0. The number of hydrogen-bond acceptors (Lipinski definition) is 4. The van der Waals surface area contributed by atoms with Crippen molar-refractivity contribution in [2.75, 3.05) is 26.4 Å². The maximum Gasteiger partial charge on any atom is 0.122 e. The third-order valence-electron chi connectivity index (χ3n) is 7.70. The van der Waals surface area contributed by atoms with Gasteiger partial charge in [0.15, 0.2) is 0 Å². The molecule has 0 N–H and O–H groups in total. The number of ether oxygens (including phenoxy) is 4. The van der Waals surface area contributed by atoms with Crippen molar-refractivity contribution in [3.63, 3.8) is 0 Å². The van der Waals surface area contributed by atoms with Gasteiger partial charge in [0.05, 0.1) is 17.9 Å². The van der Waals surface area contributed by atoms with E-state index in [0.717, 1.165) is 30.8 Å². The van der Waals surface area contributed by atoms with Crippen LogP contribution in [0.3, 0.4) is 0 Å². The monoisotopic (exact) mass is 546 g/mol. The van der Waals surface area contributed by atoms with Gasteiger partial charge in [-0.15, -0.1) is 0 Å². The van der Waals surface area contributed by atoms with Crippen molar-refractivity contribution in [2.45, 2.75) is 31.6 Å². The van der Waals surface area contributed by atoms with E-state index < -0.39 is 5.41 Å². The van der Waals surface area contributed by atoms with Crippen LogP contribution >= 0.6 is 0 Å². The number of aryl methyl sites for hydroxylation is 1. The van der Waals surface area contributed by atoms with Crippen LogP contribution in [0.1, 0.15) is 47.6 Å². The lowest BCUT2D eigenvalue weighted by Crippen LogP contribution is -2.28. The topological polar surface area (TPSA) is 36.9 Å². The summed E-state index contributed by atoms with van der Waals surface area (Å²) in [5.41, 5.74) is 8.24. The highest BCUT2D eigenvalue weighted by Gasteiger charge is 2.46. The molecular weight excluding hydrogens is 508 g/mol. The zero-order valence-corrected chi connectivity index (χ0v) is 23.8. The van der Waals surface area contributed by atoms with Crippen molar-refractivity contribution in [3.05, 3.63) is 144 Å². The van der Waals surface area contributed by atoms with Crippen LogP contribution < -0.4 is 9.47 Å². The third kappa shape index (κ3) is 5.60.